The highest BCUT2D eigenvalue weighted by molar-refractivity contribution is 7.80. The van der Waals surface area contributed by atoms with Gasteiger partial charge in [0.05, 0.1) is 12.7 Å². The van der Waals surface area contributed by atoms with Gasteiger partial charge in [-0.2, -0.15) is 0 Å². The molecule has 29 heavy (non-hydrogen) atoms. The van der Waals surface area contributed by atoms with Gasteiger partial charge in [0.2, 0.25) is 5.95 Å². The molecule has 1 atom stereocenters. The van der Waals surface area contributed by atoms with E-state index in [1.54, 1.807) is 23.7 Å². The topological polar surface area (TPSA) is 70.6 Å². The number of carbonyl (C=O) groups excluding carboxylic acids is 1. The number of methoxy groups -OCH3 is 1. The molecule has 0 spiro atoms. The molecule has 0 unspecified atom stereocenters. The van der Waals surface area contributed by atoms with E-state index in [0.29, 0.717) is 16.6 Å². The average Bonchev–Trinajstić information content (AvgIpc) is 3.10. The van der Waals surface area contributed by atoms with Crippen LogP contribution >= 0.6 is 23.6 Å². The first kappa shape index (κ1) is 20.0. The minimum atomic E-state index is -0.284. The number of nitrogens with zero attached hydrogens (tertiary/aromatic N) is 4. The van der Waals surface area contributed by atoms with Gasteiger partial charge >= 0.3 is 5.97 Å². The Hall–Kier alpha value is -2.26. The summed E-state index contributed by atoms with van der Waals surface area (Å²) in [6.45, 7) is 5.41. The van der Waals surface area contributed by atoms with E-state index in [0.717, 1.165) is 62.0 Å². The fourth-order valence-corrected chi connectivity index (χ4v) is 5.64. The van der Waals surface area contributed by atoms with Crippen molar-refractivity contribution in [2.24, 2.45) is 5.92 Å². The zero-order valence-corrected chi connectivity index (χ0v) is 18.3. The van der Waals surface area contributed by atoms with Crippen molar-refractivity contribution in [3.8, 4) is 0 Å². The number of hydrogen-bond donors (Lipinski definition) is 1. The van der Waals surface area contributed by atoms with Crippen LogP contribution in [0.1, 0.15) is 34.1 Å². The number of hydrogen-bond acceptors (Lipinski definition) is 7. The molecule has 4 rings (SSSR count). The maximum Gasteiger partial charge on any atom is 0.341 e. The van der Waals surface area contributed by atoms with Crippen LogP contribution in [0.3, 0.4) is 0 Å². The highest BCUT2D eigenvalue weighted by Crippen LogP contribution is 2.40. The van der Waals surface area contributed by atoms with E-state index < -0.39 is 0 Å². The van der Waals surface area contributed by atoms with Crippen LogP contribution in [0.2, 0.25) is 0 Å². The molecule has 9 heteroatoms. The standard InChI is InChI=1S/C20H25N5O2S2/c1-13-4-5-14-15(12-13)29-17(16(14)18(26)27-2)23-20(28)25-10-8-24(9-11-25)19-21-6-3-7-22-19/h3,6-7,13H,4-5,8-12H2,1-2H3,(H,23,28)/t13-/m1/s1. The molecule has 2 aromatic heterocycles. The first-order valence-corrected chi connectivity index (χ1v) is 11.1. The van der Waals surface area contributed by atoms with Crippen LogP contribution in [0.5, 0.6) is 0 Å². The molecular weight excluding hydrogens is 406 g/mol. The van der Waals surface area contributed by atoms with Gasteiger partial charge in [0.1, 0.15) is 5.00 Å². The highest BCUT2D eigenvalue weighted by atomic mass is 32.1. The van der Waals surface area contributed by atoms with Crippen molar-refractivity contribution in [2.75, 3.05) is 43.5 Å². The summed E-state index contributed by atoms with van der Waals surface area (Å²) in [4.78, 5) is 26.7. The molecule has 3 heterocycles. The third kappa shape index (κ3) is 4.20. The summed E-state index contributed by atoms with van der Waals surface area (Å²) in [5.41, 5.74) is 1.80. The number of esters is 1. The molecule has 1 aliphatic heterocycles. The molecule has 154 valence electrons. The molecule has 7 nitrogen and oxygen atoms in total. The minimum absolute atomic E-state index is 0.284. The molecule has 0 aromatic carbocycles. The molecule has 1 fully saturated rings. The van der Waals surface area contributed by atoms with E-state index in [4.69, 9.17) is 17.0 Å². The fourth-order valence-electron chi connectivity index (χ4n) is 3.90. The van der Waals surface area contributed by atoms with Crippen molar-refractivity contribution in [2.45, 2.75) is 26.2 Å². The van der Waals surface area contributed by atoms with E-state index >= 15 is 0 Å². The second-order valence-electron chi connectivity index (χ2n) is 7.50. The van der Waals surface area contributed by atoms with Crippen LogP contribution in [0.25, 0.3) is 0 Å². The third-order valence-corrected chi connectivity index (χ3v) is 7.05. The Morgan fingerprint density at radius 3 is 2.69 bits per heavy atom. The Labute approximate surface area is 180 Å². The average molecular weight is 432 g/mol. The second-order valence-corrected chi connectivity index (χ2v) is 8.99. The van der Waals surface area contributed by atoms with Gasteiger partial charge in [-0.15, -0.1) is 11.3 Å². The van der Waals surface area contributed by atoms with E-state index in [1.165, 1.54) is 12.0 Å². The first-order valence-electron chi connectivity index (χ1n) is 9.87. The fraction of sp³-hybridized carbons (Fsp3) is 0.500. The zero-order valence-electron chi connectivity index (χ0n) is 16.7. The number of carbonyl (C=O) groups is 1. The van der Waals surface area contributed by atoms with Gasteiger partial charge in [-0.05, 0) is 49.0 Å². The summed E-state index contributed by atoms with van der Waals surface area (Å²) in [6.07, 6.45) is 6.54. The molecule has 0 saturated carbocycles. The van der Waals surface area contributed by atoms with E-state index in [-0.39, 0.29) is 5.97 Å². The van der Waals surface area contributed by atoms with E-state index in [9.17, 15) is 4.79 Å². The Kier molecular flexibility index (Phi) is 5.96. The molecular formula is C20H25N5O2S2. The minimum Gasteiger partial charge on any atom is -0.465 e. The summed E-state index contributed by atoms with van der Waals surface area (Å²) in [6, 6.07) is 1.82. The number of piperazine rings is 1. The van der Waals surface area contributed by atoms with Gasteiger partial charge in [0.15, 0.2) is 5.11 Å². The predicted molar refractivity (Wildman–Crippen MR) is 119 cm³/mol. The second kappa shape index (κ2) is 8.62. The maximum atomic E-state index is 12.5. The number of aromatic nitrogens is 2. The van der Waals surface area contributed by atoms with Gasteiger partial charge in [-0.3, -0.25) is 0 Å². The Morgan fingerprint density at radius 2 is 2.00 bits per heavy atom. The Balaban J connectivity index is 1.45. The van der Waals surface area contributed by atoms with Crippen molar-refractivity contribution in [3.63, 3.8) is 0 Å². The molecule has 2 aliphatic rings. The number of rotatable bonds is 3. The molecule has 1 N–H and O–H groups in total. The van der Waals surface area contributed by atoms with Gasteiger partial charge in [0.25, 0.3) is 0 Å². The lowest BCUT2D eigenvalue weighted by Gasteiger charge is -2.36. The van der Waals surface area contributed by atoms with Crippen LogP contribution in [-0.2, 0) is 17.6 Å². The van der Waals surface area contributed by atoms with Crippen LogP contribution in [0, 0.1) is 5.92 Å². The van der Waals surface area contributed by atoms with Crippen molar-refractivity contribution in [1.29, 1.82) is 0 Å². The largest absolute Gasteiger partial charge is 0.465 e. The van der Waals surface area contributed by atoms with Crippen LogP contribution in [0.4, 0.5) is 10.9 Å². The first-order chi connectivity index (χ1) is 14.1. The van der Waals surface area contributed by atoms with Gasteiger partial charge in [-0.1, -0.05) is 6.92 Å². The van der Waals surface area contributed by atoms with Crippen molar-refractivity contribution in [3.05, 3.63) is 34.5 Å². The van der Waals surface area contributed by atoms with Crippen LogP contribution < -0.4 is 10.2 Å². The normalized spacial score (nSPS) is 18.9. The summed E-state index contributed by atoms with van der Waals surface area (Å²) in [7, 11) is 1.44. The molecule has 0 amide bonds. The Bertz CT molecular complexity index is 894. The molecule has 1 saturated heterocycles. The summed E-state index contributed by atoms with van der Waals surface area (Å²) < 4.78 is 5.07. The van der Waals surface area contributed by atoms with E-state index in [1.807, 2.05) is 6.07 Å². The number of nitrogens with one attached hydrogen (secondary N) is 1. The van der Waals surface area contributed by atoms with Crippen molar-refractivity contribution >= 4 is 45.6 Å². The summed E-state index contributed by atoms with van der Waals surface area (Å²) in [5, 5.41) is 4.81. The van der Waals surface area contributed by atoms with Gasteiger partial charge in [0, 0.05) is 43.4 Å². The summed E-state index contributed by atoms with van der Waals surface area (Å²) >= 11 is 7.32. The molecule has 1 aliphatic carbocycles. The third-order valence-electron chi connectivity index (χ3n) is 5.52. The van der Waals surface area contributed by atoms with Crippen LogP contribution in [-0.4, -0.2) is 59.2 Å². The lowest BCUT2D eigenvalue weighted by molar-refractivity contribution is 0.0601. The number of thiocarbonyl (C=S) groups is 1. The van der Waals surface area contributed by atoms with E-state index in [2.05, 4.69) is 32.0 Å². The quantitative estimate of drug-likeness (QED) is 0.588. The molecule has 0 radical (unpaired) electrons. The van der Waals surface area contributed by atoms with Gasteiger partial charge in [-0.25, -0.2) is 14.8 Å². The number of ether oxygens (including phenoxy) is 1. The van der Waals surface area contributed by atoms with Crippen molar-refractivity contribution < 1.29 is 9.53 Å². The highest BCUT2D eigenvalue weighted by Gasteiger charge is 2.29. The molecule has 2 aromatic rings. The lowest BCUT2D eigenvalue weighted by Crippen LogP contribution is -2.50. The van der Waals surface area contributed by atoms with Crippen LogP contribution in [0.15, 0.2) is 18.5 Å². The Morgan fingerprint density at radius 1 is 1.28 bits per heavy atom. The van der Waals surface area contributed by atoms with Gasteiger partial charge < -0.3 is 19.9 Å². The SMILES string of the molecule is COC(=O)c1c(NC(=S)N2CCN(c3ncccn3)CC2)sc2c1CC[C@@H](C)C2. The lowest BCUT2D eigenvalue weighted by atomic mass is 9.88. The summed E-state index contributed by atoms with van der Waals surface area (Å²) in [5.74, 6) is 1.10. The molecule has 0 bridgehead atoms. The predicted octanol–water partition coefficient (Wildman–Crippen LogP) is 2.97. The monoisotopic (exact) mass is 431 g/mol. The smallest absolute Gasteiger partial charge is 0.341 e. The zero-order chi connectivity index (χ0) is 20.4. The maximum absolute atomic E-state index is 12.5. The van der Waals surface area contributed by atoms with Crippen molar-refractivity contribution in [1.82, 2.24) is 14.9 Å². The number of anilines is 2. The number of fused-ring (bicyclic) bond motifs is 1. The number of thiophene rings is 1.